The van der Waals surface area contributed by atoms with E-state index in [0.29, 0.717) is 5.92 Å². The van der Waals surface area contributed by atoms with Crippen molar-refractivity contribution in [1.82, 2.24) is 9.38 Å². The summed E-state index contributed by atoms with van der Waals surface area (Å²) in [7, 11) is 0. The smallest absolute Gasteiger partial charge is 0.161 e. The second-order valence-corrected chi connectivity index (χ2v) is 4.87. The molecule has 3 nitrogen and oxygen atoms in total. The molecule has 0 bridgehead atoms. The van der Waals surface area contributed by atoms with E-state index < -0.39 is 0 Å². The van der Waals surface area contributed by atoms with Gasteiger partial charge in [-0.1, -0.05) is 12.8 Å². The molecule has 1 aliphatic carbocycles. The number of Topliss-reactive ketones (excluding diaryl/α,β-unsaturated/α-hetero) is 1. The fourth-order valence-corrected chi connectivity index (χ4v) is 2.70. The Morgan fingerprint density at radius 1 is 1.35 bits per heavy atom. The maximum absolute atomic E-state index is 11.4. The van der Waals surface area contributed by atoms with Crippen molar-refractivity contribution in [2.75, 3.05) is 0 Å². The van der Waals surface area contributed by atoms with Crippen molar-refractivity contribution in [3.63, 3.8) is 0 Å². The zero-order chi connectivity index (χ0) is 11.8. The SMILES string of the molecule is CC(=O)c1ccc2cnc(C3CCCC3)n2c1. The number of carbonyl (C=O) groups excluding carboxylic acids is 1. The summed E-state index contributed by atoms with van der Waals surface area (Å²) in [4.78, 5) is 15.9. The fraction of sp³-hybridized carbons (Fsp3) is 0.429. The first-order chi connectivity index (χ1) is 8.25. The number of ketones is 1. The second-order valence-electron chi connectivity index (χ2n) is 4.87. The minimum atomic E-state index is 0.109. The van der Waals surface area contributed by atoms with Crippen LogP contribution in [0.3, 0.4) is 0 Å². The molecule has 0 saturated heterocycles. The van der Waals surface area contributed by atoms with Crippen LogP contribution >= 0.6 is 0 Å². The maximum atomic E-state index is 11.4. The molecule has 0 N–H and O–H groups in total. The zero-order valence-electron chi connectivity index (χ0n) is 10.0. The molecule has 0 unspecified atom stereocenters. The first-order valence-electron chi connectivity index (χ1n) is 6.23. The zero-order valence-corrected chi connectivity index (χ0v) is 10.0. The van der Waals surface area contributed by atoms with Gasteiger partial charge < -0.3 is 4.40 Å². The Morgan fingerprint density at radius 3 is 2.82 bits per heavy atom. The number of aromatic nitrogens is 2. The van der Waals surface area contributed by atoms with E-state index in [1.165, 1.54) is 25.7 Å². The normalized spacial score (nSPS) is 16.8. The Kier molecular flexibility index (Phi) is 2.46. The van der Waals surface area contributed by atoms with E-state index in [9.17, 15) is 4.79 Å². The number of hydrogen-bond acceptors (Lipinski definition) is 2. The highest BCUT2D eigenvalue weighted by Gasteiger charge is 2.21. The van der Waals surface area contributed by atoms with E-state index in [0.717, 1.165) is 16.9 Å². The Morgan fingerprint density at radius 2 is 2.12 bits per heavy atom. The molecule has 0 atom stereocenters. The van der Waals surface area contributed by atoms with Crippen LogP contribution < -0.4 is 0 Å². The number of rotatable bonds is 2. The van der Waals surface area contributed by atoms with Crippen LogP contribution in [0.1, 0.15) is 54.7 Å². The summed E-state index contributed by atoms with van der Waals surface area (Å²) in [6, 6.07) is 3.85. The van der Waals surface area contributed by atoms with E-state index in [-0.39, 0.29) is 5.78 Å². The number of imidazole rings is 1. The lowest BCUT2D eigenvalue weighted by atomic mass is 10.1. The summed E-state index contributed by atoms with van der Waals surface area (Å²) in [6.45, 7) is 1.60. The van der Waals surface area contributed by atoms with Gasteiger partial charge in [0.15, 0.2) is 5.78 Å². The molecule has 2 aromatic rings. The van der Waals surface area contributed by atoms with Gasteiger partial charge in [0.2, 0.25) is 0 Å². The van der Waals surface area contributed by atoms with Gasteiger partial charge in [0.25, 0.3) is 0 Å². The second kappa shape index (κ2) is 3.99. The van der Waals surface area contributed by atoms with Gasteiger partial charge in [-0.25, -0.2) is 4.98 Å². The van der Waals surface area contributed by atoms with E-state index in [1.807, 2.05) is 24.5 Å². The average molecular weight is 228 g/mol. The number of carbonyl (C=O) groups is 1. The van der Waals surface area contributed by atoms with E-state index in [2.05, 4.69) is 9.38 Å². The van der Waals surface area contributed by atoms with Gasteiger partial charge in [-0.2, -0.15) is 0 Å². The molecule has 0 aromatic carbocycles. The molecule has 3 rings (SSSR count). The van der Waals surface area contributed by atoms with Crippen molar-refractivity contribution in [2.24, 2.45) is 0 Å². The van der Waals surface area contributed by atoms with Crippen LogP contribution in [-0.2, 0) is 0 Å². The molecule has 0 radical (unpaired) electrons. The number of pyridine rings is 1. The fourth-order valence-electron chi connectivity index (χ4n) is 2.70. The largest absolute Gasteiger partial charge is 0.303 e. The lowest BCUT2D eigenvalue weighted by Gasteiger charge is -2.08. The Labute approximate surface area is 100 Å². The molecule has 1 saturated carbocycles. The van der Waals surface area contributed by atoms with Gasteiger partial charge in [-0.05, 0) is 31.9 Å². The van der Waals surface area contributed by atoms with E-state index >= 15 is 0 Å². The summed E-state index contributed by atoms with van der Waals surface area (Å²) < 4.78 is 2.09. The summed E-state index contributed by atoms with van der Waals surface area (Å²) in [6.07, 6.45) is 8.88. The Bertz CT molecular complexity index is 565. The van der Waals surface area contributed by atoms with Crippen molar-refractivity contribution in [3.8, 4) is 0 Å². The monoisotopic (exact) mass is 228 g/mol. The van der Waals surface area contributed by atoms with Crippen molar-refractivity contribution in [2.45, 2.75) is 38.5 Å². The highest BCUT2D eigenvalue weighted by atomic mass is 16.1. The first-order valence-corrected chi connectivity index (χ1v) is 6.23. The lowest BCUT2D eigenvalue weighted by Crippen LogP contribution is -2.02. The van der Waals surface area contributed by atoms with Gasteiger partial charge >= 0.3 is 0 Å². The van der Waals surface area contributed by atoms with Crippen LogP contribution in [0.2, 0.25) is 0 Å². The predicted octanol–water partition coefficient (Wildman–Crippen LogP) is 3.19. The summed E-state index contributed by atoms with van der Waals surface area (Å²) in [5, 5.41) is 0. The number of fused-ring (bicyclic) bond motifs is 1. The molecule has 17 heavy (non-hydrogen) atoms. The molecular formula is C14H16N2O. The molecule has 0 amide bonds. The average Bonchev–Trinajstić information content (AvgIpc) is 2.96. The van der Waals surface area contributed by atoms with Crippen molar-refractivity contribution in [1.29, 1.82) is 0 Å². The van der Waals surface area contributed by atoms with E-state index in [1.54, 1.807) is 6.92 Å². The molecule has 1 fully saturated rings. The van der Waals surface area contributed by atoms with Crippen LogP contribution in [0, 0.1) is 0 Å². The minimum Gasteiger partial charge on any atom is -0.303 e. The third-order valence-corrected chi connectivity index (χ3v) is 3.68. The third-order valence-electron chi connectivity index (χ3n) is 3.68. The highest BCUT2D eigenvalue weighted by molar-refractivity contribution is 5.94. The lowest BCUT2D eigenvalue weighted by molar-refractivity contribution is 0.101. The number of hydrogen-bond donors (Lipinski definition) is 0. The standard InChI is InChI=1S/C14H16N2O/c1-10(17)12-6-7-13-8-15-14(16(13)9-12)11-4-2-3-5-11/h6-9,11H,2-5H2,1H3. The first kappa shape index (κ1) is 10.5. The Hall–Kier alpha value is -1.64. The Balaban J connectivity index is 2.11. The van der Waals surface area contributed by atoms with Crippen molar-refractivity contribution < 1.29 is 4.79 Å². The summed E-state index contributed by atoms with van der Waals surface area (Å²) in [5.41, 5.74) is 1.84. The molecule has 1 aliphatic rings. The van der Waals surface area contributed by atoms with Gasteiger partial charge in [-0.15, -0.1) is 0 Å². The highest BCUT2D eigenvalue weighted by Crippen LogP contribution is 2.33. The molecule has 0 spiro atoms. The predicted molar refractivity (Wildman–Crippen MR) is 66.4 cm³/mol. The third kappa shape index (κ3) is 1.75. The molecule has 3 heteroatoms. The topological polar surface area (TPSA) is 34.4 Å². The van der Waals surface area contributed by atoms with Crippen LogP contribution in [-0.4, -0.2) is 15.2 Å². The summed E-state index contributed by atoms with van der Waals surface area (Å²) >= 11 is 0. The summed E-state index contributed by atoms with van der Waals surface area (Å²) in [5.74, 6) is 1.80. The van der Waals surface area contributed by atoms with Crippen LogP contribution in [0.5, 0.6) is 0 Å². The van der Waals surface area contributed by atoms with E-state index in [4.69, 9.17) is 0 Å². The van der Waals surface area contributed by atoms with Crippen molar-refractivity contribution in [3.05, 3.63) is 35.9 Å². The number of nitrogens with zero attached hydrogens (tertiary/aromatic N) is 2. The maximum Gasteiger partial charge on any atom is 0.161 e. The minimum absolute atomic E-state index is 0.109. The van der Waals surface area contributed by atoms with Gasteiger partial charge in [0, 0.05) is 17.7 Å². The molecule has 0 aliphatic heterocycles. The van der Waals surface area contributed by atoms with Crippen LogP contribution in [0.4, 0.5) is 0 Å². The molecule has 88 valence electrons. The van der Waals surface area contributed by atoms with Crippen LogP contribution in [0.15, 0.2) is 24.5 Å². The van der Waals surface area contributed by atoms with Gasteiger partial charge in [0.05, 0.1) is 11.7 Å². The van der Waals surface area contributed by atoms with Gasteiger partial charge in [-0.3, -0.25) is 4.79 Å². The quantitative estimate of drug-likeness (QED) is 0.740. The van der Waals surface area contributed by atoms with Crippen molar-refractivity contribution >= 4 is 11.3 Å². The molecule has 2 heterocycles. The van der Waals surface area contributed by atoms with Gasteiger partial charge in [0.1, 0.15) is 5.82 Å². The molecular weight excluding hydrogens is 212 g/mol. The molecule has 2 aromatic heterocycles. The van der Waals surface area contributed by atoms with Crippen LogP contribution in [0.25, 0.3) is 5.52 Å².